The zero-order chi connectivity index (χ0) is 13.7. The van der Waals surface area contributed by atoms with Crippen molar-refractivity contribution in [3.63, 3.8) is 0 Å². The molecule has 2 rings (SSSR count). The lowest BCUT2D eigenvalue weighted by molar-refractivity contribution is 0.0927. The highest BCUT2D eigenvalue weighted by molar-refractivity contribution is 5.94. The normalized spacial score (nSPS) is 21.1. The first-order valence-corrected chi connectivity index (χ1v) is 6.60. The molecule has 1 heterocycles. The number of amides is 1. The maximum atomic E-state index is 11.9. The number of rotatable bonds is 5. The first-order valence-electron chi connectivity index (χ1n) is 6.60. The third-order valence-electron chi connectivity index (χ3n) is 3.26. The molecule has 1 aliphatic heterocycles. The van der Waals surface area contributed by atoms with E-state index in [2.05, 4.69) is 10.6 Å². The summed E-state index contributed by atoms with van der Waals surface area (Å²) in [6, 6.07) is 7.04. The Morgan fingerprint density at radius 1 is 1.40 bits per heavy atom. The van der Waals surface area contributed by atoms with Crippen molar-refractivity contribution in [1.82, 2.24) is 10.6 Å². The monoisotopic (exact) mass is 300 g/mol. The number of halogens is 1. The van der Waals surface area contributed by atoms with Gasteiger partial charge in [0.05, 0.1) is 12.7 Å². The molecular formula is C14H21ClN2O3. The van der Waals surface area contributed by atoms with Crippen LogP contribution in [0, 0.1) is 5.92 Å². The van der Waals surface area contributed by atoms with Crippen molar-refractivity contribution in [3.05, 3.63) is 29.8 Å². The molecule has 1 amide bonds. The van der Waals surface area contributed by atoms with E-state index in [-0.39, 0.29) is 30.3 Å². The zero-order valence-corrected chi connectivity index (χ0v) is 12.3. The fraction of sp³-hybridized carbons (Fsp3) is 0.500. The maximum Gasteiger partial charge on any atom is 0.251 e. The Bertz CT molecular complexity index is 425. The molecule has 3 N–H and O–H groups in total. The van der Waals surface area contributed by atoms with Crippen molar-refractivity contribution >= 4 is 18.3 Å². The number of carbonyl (C=O) groups is 1. The zero-order valence-electron chi connectivity index (χ0n) is 11.5. The smallest absolute Gasteiger partial charge is 0.251 e. The summed E-state index contributed by atoms with van der Waals surface area (Å²) in [5.74, 6) is 0.725. The molecule has 1 fully saturated rings. The molecule has 0 bridgehead atoms. The Kier molecular flexibility index (Phi) is 6.78. The third-order valence-corrected chi connectivity index (χ3v) is 3.26. The van der Waals surface area contributed by atoms with Crippen LogP contribution in [0.2, 0.25) is 0 Å². The Hall–Kier alpha value is -1.30. The number of nitrogens with one attached hydrogen (secondary N) is 2. The second-order valence-electron chi connectivity index (χ2n) is 4.65. The highest BCUT2D eigenvalue weighted by Crippen LogP contribution is 2.12. The molecule has 5 nitrogen and oxygen atoms in total. The van der Waals surface area contributed by atoms with Gasteiger partial charge in [-0.1, -0.05) is 0 Å². The van der Waals surface area contributed by atoms with Gasteiger partial charge in [-0.15, -0.1) is 12.4 Å². The SMILES string of the molecule is CCOc1ccc(C(=O)NCC2CNCC2O)cc1.Cl. The molecule has 20 heavy (non-hydrogen) atoms. The lowest BCUT2D eigenvalue weighted by Crippen LogP contribution is -2.34. The van der Waals surface area contributed by atoms with E-state index in [1.54, 1.807) is 24.3 Å². The summed E-state index contributed by atoms with van der Waals surface area (Å²) in [6.07, 6.45) is -0.374. The van der Waals surface area contributed by atoms with Gasteiger partial charge < -0.3 is 20.5 Å². The van der Waals surface area contributed by atoms with E-state index in [4.69, 9.17) is 4.74 Å². The summed E-state index contributed by atoms with van der Waals surface area (Å²) in [5.41, 5.74) is 0.601. The van der Waals surface area contributed by atoms with E-state index in [1.807, 2.05) is 6.92 Å². The Balaban J connectivity index is 0.00000200. The summed E-state index contributed by atoms with van der Waals surface area (Å²) in [7, 11) is 0. The van der Waals surface area contributed by atoms with Gasteiger partial charge in [-0.2, -0.15) is 0 Å². The van der Waals surface area contributed by atoms with Gasteiger partial charge in [-0.05, 0) is 31.2 Å². The molecule has 1 saturated heterocycles. The molecule has 0 aliphatic carbocycles. The number of carbonyl (C=O) groups excluding carboxylic acids is 1. The van der Waals surface area contributed by atoms with Gasteiger partial charge in [0.1, 0.15) is 5.75 Å². The van der Waals surface area contributed by atoms with Gasteiger partial charge in [0, 0.05) is 31.1 Å². The van der Waals surface area contributed by atoms with Gasteiger partial charge >= 0.3 is 0 Å². The van der Waals surface area contributed by atoms with Gasteiger partial charge in [-0.3, -0.25) is 4.79 Å². The lowest BCUT2D eigenvalue weighted by Gasteiger charge is -2.14. The molecule has 0 aromatic heterocycles. The summed E-state index contributed by atoms with van der Waals surface area (Å²) >= 11 is 0. The standard InChI is InChI=1S/C14H20N2O3.ClH/c1-2-19-12-5-3-10(4-6-12)14(18)16-8-11-7-15-9-13(11)17;/h3-6,11,13,15,17H,2,7-9H2,1H3,(H,16,18);1H. The molecular weight excluding hydrogens is 280 g/mol. The average molecular weight is 301 g/mol. The number of benzene rings is 1. The van der Waals surface area contributed by atoms with Crippen LogP contribution in [0.25, 0.3) is 0 Å². The van der Waals surface area contributed by atoms with Crippen molar-refractivity contribution in [2.75, 3.05) is 26.2 Å². The van der Waals surface area contributed by atoms with E-state index in [0.717, 1.165) is 12.3 Å². The molecule has 1 aromatic rings. The molecule has 0 saturated carbocycles. The second kappa shape index (κ2) is 8.09. The number of hydrogen-bond acceptors (Lipinski definition) is 4. The summed E-state index contributed by atoms with van der Waals surface area (Å²) in [5, 5.41) is 15.6. The van der Waals surface area contributed by atoms with Crippen molar-refractivity contribution < 1.29 is 14.6 Å². The minimum Gasteiger partial charge on any atom is -0.494 e. The van der Waals surface area contributed by atoms with Crippen molar-refractivity contribution in [3.8, 4) is 5.75 Å². The molecule has 1 aromatic carbocycles. The number of aliphatic hydroxyl groups excluding tert-OH is 1. The van der Waals surface area contributed by atoms with Crippen LogP contribution in [0.3, 0.4) is 0 Å². The van der Waals surface area contributed by atoms with Gasteiger partial charge in [-0.25, -0.2) is 0 Å². The fourth-order valence-electron chi connectivity index (χ4n) is 2.12. The number of hydrogen-bond donors (Lipinski definition) is 3. The molecule has 2 unspecified atom stereocenters. The Morgan fingerprint density at radius 3 is 2.65 bits per heavy atom. The predicted molar refractivity (Wildman–Crippen MR) is 79.6 cm³/mol. The number of β-amino-alcohol motifs (C(OH)–C–C–N with tert-alkyl or cyclic N) is 1. The van der Waals surface area contributed by atoms with Crippen LogP contribution in [0.1, 0.15) is 17.3 Å². The maximum absolute atomic E-state index is 11.9. The van der Waals surface area contributed by atoms with Crippen LogP contribution < -0.4 is 15.4 Å². The van der Waals surface area contributed by atoms with E-state index in [1.165, 1.54) is 0 Å². The molecule has 0 radical (unpaired) electrons. The van der Waals surface area contributed by atoms with E-state index in [9.17, 15) is 9.90 Å². The highest BCUT2D eigenvalue weighted by atomic mass is 35.5. The quantitative estimate of drug-likeness (QED) is 0.753. The summed E-state index contributed by atoms with van der Waals surface area (Å²) < 4.78 is 5.32. The lowest BCUT2D eigenvalue weighted by atomic mass is 10.1. The summed E-state index contributed by atoms with van der Waals surface area (Å²) in [4.78, 5) is 11.9. The van der Waals surface area contributed by atoms with E-state index < -0.39 is 0 Å². The fourth-order valence-corrected chi connectivity index (χ4v) is 2.12. The third kappa shape index (κ3) is 4.37. The van der Waals surface area contributed by atoms with Crippen LogP contribution in [0.4, 0.5) is 0 Å². The summed E-state index contributed by atoms with van der Waals surface area (Å²) in [6.45, 7) is 4.36. The minimum absolute atomic E-state index is 0. The van der Waals surface area contributed by atoms with E-state index >= 15 is 0 Å². The first-order chi connectivity index (χ1) is 9.20. The molecule has 1 aliphatic rings. The molecule has 0 spiro atoms. The number of ether oxygens (including phenoxy) is 1. The highest BCUT2D eigenvalue weighted by Gasteiger charge is 2.25. The van der Waals surface area contributed by atoms with Crippen LogP contribution in [-0.4, -0.2) is 43.4 Å². The van der Waals surface area contributed by atoms with Crippen LogP contribution in [0.5, 0.6) is 5.75 Å². The van der Waals surface area contributed by atoms with E-state index in [0.29, 0.717) is 25.3 Å². The minimum atomic E-state index is -0.374. The van der Waals surface area contributed by atoms with Crippen LogP contribution >= 0.6 is 12.4 Å². The molecule has 112 valence electrons. The van der Waals surface area contributed by atoms with Gasteiger partial charge in [0.2, 0.25) is 0 Å². The largest absolute Gasteiger partial charge is 0.494 e. The Labute approximate surface area is 125 Å². The molecule has 6 heteroatoms. The Morgan fingerprint density at radius 2 is 2.10 bits per heavy atom. The first kappa shape index (κ1) is 16.8. The average Bonchev–Trinajstić information content (AvgIpc) is 2.83. The topological polar surface area (TPSA) is 70.6 Å². The molecule has 2 atom stereocenters. The van der Waals surface area contributed by atoms with Crippen molar-refractivity contribution in [2.45, 2.75) is 13.0 Å². The van der Waals surface area contributed by atoms with Gasteiger partial charge in [0.25, 0.3) is 5.91 Å². The van der Waals surface area contributed by atoms with Crippen molar-refractivity contribution in [2.24, 2.45) is 5.92 Å². The van der Waals surface area contributed by atoms with Gasteiger partial charge in [0.15, 0.2) is 0 Å². The second-order valence-corrected chi connectivity index (χ2v) is 4.65. The predicted octanol–water partition coefficient (Wildman–Crippen LogP) is 0.817. The van der Waals surface area contributed by atoms with Crippen molar-refractivity contribution in [1.29, 1.82) is 0 Å². The van der Waals surface area contributed by atoms with Crippen LogP contribution in [-0.2, 0) is 0 Å². The van der Waals surface area contributed by atoms with Crippen LogP contribution in [0.15, 0.2) is 24.3 Å². The number of aliphatic hydroxyl groups is 1.